The van der Waals surface area contributed by atoms with Crippen molar-refractivity contribution in [3.63, 3.8) is 0 Å². The Hall–Kier alpha value is -1.14. The smallest absolute Gasteiger partial charge is 0.209 e. The predicted octanol–water partition coefficient (Wildman–Crippen LogP) is 0.883. The summed E-state index contributed by atoms with van der Waals surface area (Å²) in [7, 11) is -3.43. The van der Waals surface area contributed by atoms with E-state index < -0.39 is 10.0 Å². The maximum atomic E-state index is 12.5. The highest BCUT2D eigenvalue weighted by molar-refractivity contribution is 7.89. The molecule has 0 fully saturated rings. The zero-order chi connectivity index (χ0) is 11.3. The Morgan fingerprint density at radius 3 is 2.40 bits per heavy atom. The van der Waals surface area contributed by atoms with Crippen LogP contribution >= 0.6 is 0 Å². The van der Waals surface area contributed by atoms with E-state index in [-0.39, 0.29) is 18.2 Å². The Kier molecular flexibility index (Phi) is 4.05. The third kappa shape index (κ3) is 5.34. The van der Waals surface area contributed by atoms with Crippen LogP contribution in [-0.2, 0) is 10.0 Å². The minimum Gasteiger partial charge on any atom is -0.494 e. The van der Waals surface area contributed by atoms with Crippen molar-refractivity contribution in [1.82, 2.24) is 0 Å². The highest BCUT2D eigenvalue weighted by Gasteiger charge is 2.02. The van der Waals surface area contributed by atoms with E-state index in [0.717, 1.165) is 0 Å². The van der Waals surface area contributed by atoms with E-state index in [9.17, 15) is 12.8 Å². The molecule has 0 spiro atoms. The van der Waals surface area contributed by atoms with E-state index >= 15 is 0 Å². The van der Waals surface area contributed by atoms with Gasteiger partial charge in [-0.15, -0.1) is 0 Å². The number of primary sulfonamides is 1. The lowest BCUT2D eigenvalue weighted by Gasteiger charge is -2.04. The van der Waals surface area contributed by atoms with E-state index in [1.165, 1.54) is 24.3 Å². The van der Waals surface area contributed by atoms with Crippen LogP contribution in [0, 0.1) is 5.82 Å². The van der Waals surface area contributed by atoms with Crippen molar-refractivity contribution in [1.29, 1.82) is 0 Å². The largest absolute Gasteiger partial charge is 0.494 e. The molecule has 0 unspecified atom stereocenters. The fourth-order valence-corrected chi connectivity index (χ4v) is 1.50. The summed E-state index contributed by atoms with van der Waals surface area (Å²) < 4.78 is 38.8. The average Bonchev–Trinajstić information content (AvgIpc) is 2.14. The molecule has 0 aliphatic carbocycles. The summed E-state index contributed by atoms with van der Waals surface area (Å²) in [6.07, 6.45) is 0.316. The number of halogens is 1. The third-order valence-electron chi connectivity index (χ3n) is 1.66. The molecule has 1 aromatic carbocycles. The number of benzene rings is 1. The van der Waals surface area contributed by atoms with Gasteiger partial charge in [0.1, 0.15) is 11.6 Å². The zero-order valence-corrected chi connectivity index (χ0v) is 8.84. The number of rotatable bonds is 5. The summed E-state index contributed by atoms with van der Waals surface area (Å²) in [4.78, 5) is 0. The lowest BCUT2D eigenvalue weighted by atomic mass is 10.3. The lowest BCUT2D eigenvalue weighted by molar-refractivity contribution is 0.317. The second kappa shape index (κ2) is 5.09. The highest BCUT2D eigenvalue weighted by Crippen LogP contribution is 2.11. The molecule has 0 atom stereocenters. The van der Waals surface area contributed by atoms with Crippen LogP contribution in [0.25, 0.3) is 0 Å². The van der Waals surface area contributed by atoms with Crippen molar-refractivity contribution in [3.8, 4) is 5.75 Å². The zero-order valence-electron chi connectivity index (χ0n) is 8.02. The molecule has 84 valence electrons. The molecule has 0 saturated heterocycles. The van der Waals surface area contributed by atoms with Gasteiger partial charge in [0.15, 0.2) is 0 Å². The molecule has 0 aromatic heterocycles. The van der Waals surface area contributed by atoms with E-state index in [2.05, 4.69) is 0 Å². The van der Waals surface area contributed by atoms with E-state index in [1.807, 2.05) is 0 Å². The normalized spacial score (nSPS) is 11.3. The first-order valence-electron chi connectivity index (χ1n) is 4.36. The van der Waals surface area contributed by atoms with Crippen LogP contribution in [-0.4, -0.2) is 20.8 Å². The molecule has 15 heavy (non-hydrogen) atoms. The SMILES string of the molecule is NS(=O)(=O)CCCOc1ccc(F)cc1. The summed E-state index contributed by atoms with van der Waals surface area (Å²) in [6.45, 7) is 0.238. The fourth-order valence-electron chi connectivity index (χ4n) is 0.981. The summed E-state index contributed by atoms with van der Waals surface area (Å²) in [6, 6.07) is 5.50. The summed E-state index contributed by atoms with van der Waals surface area (Å²) in [5, 5.41) is 4.80. The number of hydrogen-bond donors (Lipinski definition) is 1. The monoisotopic (exact) mass is 233 g/mol. The van der Waals surface area contributed by atoms with Gasteiger partial charge in [-0.25, -0.2) is 17.9 Å². The highest BCUT2D eigenvalue weighted by atomic mass is 32.2. The van der Waals surface area contributed by atoms with E-state index in [4.69, 9.17) is 9.88 Å². The first-order valence-corrected chi connectivity index (χ1v) is 6.08. The number of sulfonamides is 1. The van der Waals surface area contributed by atoms with Gasteiger partial charge in [0.05, 0.1) is 12.4 Å². The van der Waals surface area contributed by atoms with E-state index in [1.54, 1.807) is 0 Å². The van der Waals surface area contributed by atoms with Crippen LogP contribution in [0.4, 0.5) is 4.39 Å². The van der Waals surface area contributed by atoms with Gasteiger partial charge in [-0.05, 0) is 30.7 Å². The topological polar surface area (TPSA) is 69.4 Å². The Balaban J connectivity index is 2.29. The molecule has 1 rings (SSSR count). The third-order valence-corrected chi connectivity index (χ3v) is 2.51. The van der Waals surface area contributed by atoms with Crippen LogP contribution in [0.15, 0.2) is 24.3 Å². The molecule has 2 N–H and O–H groups in total. The van der Waals surface area contributed by atoms with Crippen molar-refractivity contribution >= 4 is 10.0 Å². The van der Waals surface area contributed by atoms with Crippen molar-refractivity contribution in [2.45, 2.75) is 6.42 Å². The molecule has 6 heteroatoms. The lowest BCUT2D eigenvalue weighted by Crippen LogP contribution is -2.18. The first-order chi connectivity index (χ1) is 6.97. The van der Waals surface area contributed by atoms with Crippen molar-refractivity contribution in [2.75, 3.05) is 12.4 Å². The fraction of sp³-hybridized carbons (Fsp3) is 0.333. The summed E-state index contributed by atoms with van der Waals surface area (Å²) in [5.74, 6) is 0.0477. The molecule has 0 saturated carbocycles. The quantitative estimate of drug-likeness (QED) is 0.768. The van der Waals surface area contributed by atoms with Crippen molar-refractivity contribution < 1.29 is 17.5 Å². The standard InChI is InChI=1S/C9H12FNO3S/c10-8-2-4-9(5-3-8)14-6-1-7-15(11,12)13/h2-5H,1,6-7H2,(H2,11,12,13). The minimum atomic E-state index is -3.43. The second-order valence-electron chi connectivity index (χ2n) is 3.02. The molecule has 0 bridgehead atoms. The second-order valence-corrected chi connectivity index (χ2v) is 4.76. The van der Waals surface area contributed by atoms with Crippen LogP contribution < -0.4 is 9.88 Å². The van der Waals surface area contributed by atoms with Crippen LogP contribution in [0.1, 0.15) is 6.42 Å². The van der Waals surface area contributed by atoms with Crippen molar-refractivity contribution in [2.24, 2.45) is 5.14 Å². The number of hydrogen-bond acceptors (Lipinski definition) is 3. The Morgan fingerprint density at radius 1 is 1.27 bits per heavy atom. The molecular weight excluding hydrogens is 221 g/mol. The Labute approximate surface area is 87.9 Å². The maximum Gasteiger partial charge on any atom is 0.209 e. The molecule has 1 aromatic rings. The van der Waals surface area contributed by atoms with Gasteiger partial charge in [0.25, 0.3) is 0 Å². The van der Waals surface area contributed by atoms with Gasteiger partial charge in [0.2, 0.25) is 10.0 Å². The van der Waals surface area contributed by atoms with Gasteiger partial charge in [-0.2, -0.15) is 0 Å². The molecule has 0 aliphatic heterocycles. The van der Waals surface area contributed by atoms with Gasteiger partial charge >= 0.3 is 0 Å². The summed E-state index contributed by atoms with van der Waals surface area (Å²) in [5.41, 5.74) is 0. The van der Waals surface area contributed by atoms with Gasteiger partial charge in [0, 0.05) is 0 Å². The maximum absolute atomic E-state index is 12.5. The Bertz CT molecular complexity index is 402. The number of nitrogens with two attached hydrogens (primary N) is 1. The van der Waals surface area contributed by atoms with Gasteiger partial charge in [-0.3, -0.25) is 0 Å². The molecule has 0 radical (unpaired) electrons. The summed E-state index contributed by atoms with van der Waals surface area (Å²) >= 11 is 0. The molecule has 4 nitrogen and oxygen atoms in total. The van der Waals surface area contributed by atoms with Crippen molar-refractivity contribution in [3.05, 3.63) is 30.1 Å². The van der Waals surface area contributed by atoms with Crippen LogP contribution in [0.3, 0.4) is 0 Å². The molecule has 0 aliphatic rings. The Morgan fingerprint density at radius 2 is 1.87 bits per heavy atom. The van der Waals surface area contributed by atoms with E-state index in [0.29, 0.717) is 12.2 Å². The predicted molar refractivity (Wildman–Crippen MR) is 54.5 cm³/mol. The van der Waals surface area contributed by atoms with Crippen LogP contribution in [0.2, 0.25) is 0 Å². The minimum absolute atomic E-state index is 0.117. The van der Waals surface area contributed by atoms with Gasteiger partial charge < -0.3 is 4.74 Å². The van der Waals surface area contributed by atoms with Crippen LogP contribution in [0.5, 0.6) is 5.75 Å². The van der Waals surface area contributed by atoms with Gasteiger partial charge in [-0.1, -0.05) is 0 Å². The molecular formula is C9H12FNO3S. The first kappa shape index (κ1) is 11.9. The molecule has 0 amide bonds. The molecule has 0 heterocycles. The average molecular weight is 233 g/mol. The number of ether oxygens (including phenoxy) is 1.